The van der Waals surface area contributed by atoms with Crippen LogP contribution in [0.25, 0.3) is 10.9 Å². The van der Waals surface area contributed by atoms with E-state index in [1.807, 2.05) is 23.1 Å². The number of carbonyl (C=O) groups excluding carboxylic acids is 1. The van der Waals surface area contributed by atoms with E-state index in [4.69, 9.17) is 23.9 Å². The summed E-state index contributed by atoms with van der Waals surface area (Å²) >= 11 is 3.53. The van der Waals surface area contributed by atoms with E-state index in [1.54, 1.807) is 34.5 Å². The van der Waals surface area contributed by atoms with Crippen molar-refractivity contribution in [1.82, 2.24) is 9.88 Å². The molecule has 248 valence electrons. The van der Waals surface area contributed by atoms with Crippen molar-refractivity contribution >= 4 is 32.7 Å². The highest BCUT2D eigenvalue weighted by Crippen LogP contribution is 2.44. The number of rotatable bonds is 12. The standard InChI is InChI=1S/C37H42BrN3O6/c1-41(21-27-15-26-18-33(46-4)34(47-5)20-29(26)27,22-28-9-7-23-8-10-30(42)36(38)37(23)39-28)14-6-12-40-13-11-24-16-31(44-2)32(45-3)17-25(24)19-35(40)43/h7-10,16-18,20,27H,6,11-15,19,21-22H2,1-5H3/p+1/t27-,41?/m1/s1. The van der Waals surface area contributed by atoms with Gasteiger partial charge < -0.3 is 33.4 Å². The summed E-state index contributed by atoms with van der Waals surface area (Å²) in [5.41, 5.74) is 6.45. The van der Waals surface area contributed by atoms with Gasteiger partial charge in [0.1, 0.15) is 12.3 Å². The van der Waals surface area contributed by atoms with Crippen molar-refractivity contribution in [2.75, 3.05) is 61.7 Å². The highest BCUT2D eigenvalue weighted by molar-refractivity contribution is 9.10. The first-order valence-electron chi connectivity index (χ1n) is 16.0. The molecule has 47 heavy (non-hydrogen) atoms. The summed E-state index contributed by atoms with van der Waals surface area (Å²) in [6, 6.07) is 15.9. The van der Waals surface area contributed by atoms with Gasteiger partial charge in [0.05, 0.1) is 70.7 Å². The number of carbonyl (C=O) groups is 1. The molecule has 0 saturated heterocycles. The average molecular weight is 706 g/mol. The number of benzene rings is 3. The fourth-order valence-corrected chi connectivity index (χ4v) is 7.68. The summed E-state index contributed by atoms with van der Waals surface area (Å²) in [6.45, 7) is 3.87. The molecular formula is C37H43BrN3O6+. The zero-order valence-corrected chi connectivity index (χ0v) is 29.4. The third-order valence-corrected chi connectivity index (χ3v) is 10.6. The molecule has 1 N–H and O–H groups in total. The molecule has 0 saturated carbocycles. The van der Waals surface area contributed by atoms with E-state index in [-0.39, 0.29) is 11.7 Å². The lowest BCUT2D eigenvalue weighted by molar-refractivity contribution is -0.924. The van der Waals surface area contributed by atoms with Crippen LogP contribution in [0.15, 0.2) is 53.0 Å². The lowest BCUT2D eigenvalue weighted by Gasteiger charge is -2.41. The van der Waals surface area contributed by atoms with E-state index in [2.05, 4.69) is 47.2 Å². The molecule has 4 aromatic rings. The first-order valence-corrected chi connectivity index (χ1v) is 16.8. The van der Waals surface area contributed by atoms with Gasteiger partial charge in [-0.05, 0) is 93.5 Å². The molecule has 2 atom stereocenters. The van der Waals surface area contributed by atoms with Gasteiger partial charge in [0.15, 0.2) is 23.0 Å². The maximum Gasteiger partial charge on any atom is 0.227 e. The number of hydrogen-bond donors (Lipinski definition) is 1. The molecule has 1 aliphatic heterocycles. The number of aromatic hydroxyl groups is 1. The topological polar surface area (TPSA) is 90.4 Å². The zero-order valence-electron chi connectivity index (χ0n) is 27.8. The highest BCUT2D eigenvalue weighted by atomic mass is 79.9. The molecule has 10 heteroatoms. The minimum Gasteiger partial charge on any atom is -0.507 e. The molecular weight excluding hydrogens is 662 g/mol. The summed E-state index contributed by atoms with van der Waals surface area (Å²) in [5, 5.41) is 11.3. The molecule has 3 aromatic carbocycles. The monoisotopic (exact) mass is 704 g/mol. The molecule has 0 spiro atoms. The van der Waals surface area contributed by atoms with Crippen molar-refractivity contribution in [3.05, 3.63) is 81.0 Å². The smallest absolute Gasteiger partial charge is 0.227 e. The van der Waals surface area contributed by atoms with Crippen LogP contribution in [0.5, 0.6) is 28.7 Å². The number of pyridine rings is 1. The van der Waals surface area contributed by atoms with Gasteiger partial charge >= 0.3 is 0 Å². The number of likely N-dealkylation sites (N-methyl/N-ethyl adjacent to an activating group) is 1. The molecule has 0 bridgehead atoms. The highest BCUT2D eigenvalue weighted by Gasteiger charge is 2.36. The summed E-state index contributed by atoms with van der Waals surface area (Å²) in [4.78, 5) is 20.4. The number of ether oxygens (including phenoxy) is 4. The fourth-order valence-electron chi connectivity index (χ4n) is 7.23. The Morgan fingerprint density at radius 2 is 1.55 bits per heavy atom. The first kappa shape index (κ1) is 32.9. The van der Waals surface area contributed by atoms with Crippen molar-refractivity contribution in [3.8, 4) is 28.7 Å². The molecule has 0 radical (unpaired) electrons. The van der Waals surface area contributed by atoms with Crippen molar-refractivity contribution in [1.29, 1.82) is 0 Å². The molecule has 2 heterocycles. The Morgan fingerprint density at radius 3 is 2.26 bits per heavy atom. The van der Waals surface area contributed by atoms with Gasteiger partial charge in [0.2, 0.25) is 5.91 Å². The molecule has 1 aromatic heterocycles. The predicted molar refractivity (Wildman–Crippen MR) is 185 cm³/mol. The summed E-state index contributed by atoms with van der Waals surface area (Å²) < 4.78 is 23.5. The summed E-state index contributed by atoms with van der Waals surface area (Å²) in [7, 11) is 8.90. The number of halogens is 1. The Labute approximate surface area is 284 Å². The number of amides is 1. The van der Waals surface area contributed by atoms with E-state index < -0.39 is 0 Å². The van der Waals surface area contributed by atoms with E-state index in [9.17, 15) is 9.90 Å². The number of aromatic nitrogens is 1. The van der Waals surface area contributed by atoms with E-state index in [0.717, 1.165) is 82.6 Å². The molecule has 0 fully saturated rings. The number of nitrogens with zero attached hydrogens (tertiary/aromatic N) is 3. The number of fused-ring (bicyclic) bond motifs is 3. The fraction of sp³-hybridized carbons (Fsp3) is 0.405. The quantitative estimate of drug-likeness (QED) is 0.180. The van der Waals surface area contributed by atoms with Gasteiger partial charge in [-0.2, -0.15) is 0 Å². The Kier molecular flexibility index (Phi) is 9.53. The van der Waals surface area contributed by atoms with Gasteiger partial charge in [0.25, 0.3) is 0 Å². The average Bonchev–Trinajstić information content (AvgIpc) is 3.21. The minimum atomic E-state index is 0.139. The normalized spacial score (nSPS) is 16.9. The summed E-state index contributed by atoms with van der Waals surface area (Å²) in [6.07, 6.45) is 2.97. The predicted octanol–water partition coefficient (Wildman–Crippen LogP) is 6.04. The molecule has 9 nitrogen and oxygen atoms in total. The zero-order chi connectivity index (χ0) is 33.3. The van der Waals surface area contributed by atoms with Gasteiger partial charge in [-0.3, -0.25) is 4.79 Å². The third-order valence-electron chi connectivity index (χ3n) is 9.77. The lowest BCUT2D eigenvalue weighted by atomic mass is 9.76. The number of methoxy groups -OCH3 is 4. The van der Waals surface area contributed by atoms with Crippen LogP contribution in [0, 0.1) is 0 Å². The number of phenols is 1. The van der Waals surface area contributed by atoms with E-state index >= 15 is 0 Å². The largest absolute Gasteiger partial charge is 0.507 e. The van der Waals surface area contributed by atoms with Crippen LogP contribution in [0.2, 0.25) is 0 Å². The van der Waals surface area contributed by atoms with Crippen LogP contribution in [-0.2, 0) is 30.6 Å². The van der Waals surface area contributed by atoms with Crippen LogP contribution in [0.3, 0.4) is 0 Å². The molecule has 2 aliphatic rings. The van der Waals surface area contributed by atoms with Crippen LogP contribution in [0.1, 0.15) is 40.3 Å². The Bertz CT molecular complexity index is 1810. The second-order valence-corrected chi connectivity index (χ2v) is 13.7. The maximum atomic E-state index is 13.4. The van der Waals surface area contributed by atoms with Gasteiger partial charge in [-0.25, -0.2) is 4.98 Å². The SMILES string of the molecule is COc1cc2c(cc1OC)CC(=O)N(CCC[N+](C)(Cc1ccc3ccc(O)c(Br)c3n1)C[C@H]1Cc3cc(OC)c(OC)cc31)CC2. The molecule has 1 aliphatic carbocycles. The molecule has 6 rings (SSSR count). The maximum absolute atomic E-state index is 13.4. The Hall–Kier alpha value is -4.02. The second-order valence-electron chi connectivity index (χ2n) is 12.9. The van der Waals surface area contributed by atoms with Gasteiger partial charge in [0, 0.05) is 30.8 Å². The minimum absolute atomic E-state index is 0.139. The second kappa shape index (κ2) is 13.6. The Morgan fingerprint density at radius 1 is 0.915 bits per heavy atom. The van der Waals surface area contributed by atoms with E-state index in [0.29, 0.717) is 41.4 Å². The lowest BCUT2D eigenvalue weighted by Crippen LogP contribution is -2.49. The van der Waals surface area contributed by atoms with Crippen LogP contribution < -0.4 is 18.9 Å². The van der Waals surface area contributed by atoms with Crippen LogP contribution >= 0.6 is 15.9 Å². The van der Waals surface area contributed by atoms with Crippen molar-refractivity contribution in [2.24, 2.45) is 0 Å². The number of phenolic OH excluding ortho intramolecular Hbond substituents is 1. The van der Waals surface area contributed by atoms with Gasteiger partial charge in [-0.1, -0.05) is 6.07 Å². The third kappa shape index (κ3) is 6.71. The Balaban J connectivity index is 1.21. The van der Waals surface area contributed by atoms with Crippen molar-refractivity contribution in [2.45, 2.75) is 38.1 Å². The van der Waals surface area contributed by atoms with Gasteiger partial charge in [-0.15, -0.1) is 0 Å². The molecule has 1 unspecified atom stereocenters. The van der Waals surface area contributed by atoms with E-state index in [1.165, 1.54) is 11.1 Å². The van der Waals surface area contributed by atoms with Crippen LogP contribution in [-0.4, -0.2) is 87.0 Å². The van der Waals surface area contributed by atoms with Crippen molar-refractivity contribution in [3.63, 3.8) is 0 Å². The number of hydrogen-bond acceptors (Lipinski definition) is 7. The molecule has 1 amide bonds. The van der Waals surface area contributed by atoms with Crippen LogP contribution in [0.4, 0.5) is 0 Å². The summed E-state index contributed by atoms with van der Waals surface area (Å²) in [5.74, 6) is 3.54. The first-order chi connectivity index (χ1) is 22.6. The van der Waals surface area contributed by atoms with Crippen molar-refractivity contribution < 1.29 is 33.3 Å². The number of quaternary nitrogens is 1.